The Hall–Kier alpha value is -3.87. The van der Waals surface area contributed by atoms with Crippen molar-refractivity contribution in [3.05, 3.63) is 91.0 Å². The molecule has 2 aromatic carbocycles. The molecule has 2 rings (SSSR count). The number of allylic oxidation sites excluding steroid dienone is 2. The van der Waals surface area contributed by atoms with Crippen LogP contribution >= 0.6 is 0 Å². The fraction of sp³-hybridized carbons (Fsp3) is 0.406. The average Bonchev–Trinajstić information content (AvgIpc) is 2.94. The number of aliphatic carboxylic acids is 1. The van der Waals surface area contributed by atoms with Gasteiger partial charge < -0.3 is 20.1 Å². The van der Waals surface area contributed by atoms with Gasteiger partial charge in [-0.25, -0.2) is 0 Å². The Labute approximate surface area is 232 Å². The molecule has 0 radical (unpaired) electrons. The van der Waals surface area contributed by atoms with Gasteiger partial charge in [0.25, 0.3) is 0 Å². The fourth-order valence-electron chi connectivity index (χ4n) is 4.25. The fourth-order valence-corrected chi connectivity index (χ4v) is 4.25. The zero-order chi connectivity index (χ0) is 28.5. The number of nitrogens with zero attached hydrogens (tertiary/aromatic N) is 1. The molecule has 7 heteroatoms. The van der Waals surface area contributed by atoms with E-state index < -0.39 is 23.8 Å². The number of ether oxygens (including phenoxy) is 1. The number of unbranched alkanes of at least 4 members (excludes halogenated alkanes) is 3. The third kappa shape index (κ3) is 12.0. The minimum absolute atomic E-state index is 0.202. The van der Waals surface area contributed by atoms with Crippen molar-refractivity contribution in [2.45, 2.75) is 64.0 Å². The summed E-state index contributed by atoms with van der Waals surface area (Å²) >= 11 is 0. The van der Waals surface area contributed by atoms with Gasteiger partial charge in [-0.3, -0.25) is 14.4 Å². The number of rotatable bonds is 19. The average molecular weight is 535 g/mol. The van der Waals surface area contributed by atoms with Gasteiger partial charge >= 0.3 is 5.97 Å². The highest BCUT2D eigenvalue weighted by Gasteiger charge is 2.28. The molecule has 0 aromatic heterocycles. The lowest BCUT2D eigenvalue weighted by Crippen LogP contribution is -2.50. The number of benzene rings is 2. The van der Waals surface area contributed by atoms with Crippen LogP contribution in [0.25, 0.3) is 0 Å². The lowest BCUT2D eigenvalue weighted by molar-refractivity contribution is -0.142. The van der Waals surface area contributed by atoms with Crippen molar-refractivity contribution in [1.29, 1.82) is 0 Å². The Morgan fingerprint density at radius 3 is 2.26 bits per heavy atom. The molecule has 0 bridgehead atoms. The highest BCUT2D eigenvalue weighted by atomic mass is 16.5. The second-order valence-electron chi connectivity index (χ2n) is 9.74. The Morgan fingerprint density at radius 2 is 1.62 bits per heavy atom. The maximum absolute atomic E-state index is 13.4. The topological polar surface area (TPSA) is 95.9 Å². The zero-order valence-electron chi connectivity index (χ0n) is 23.0. The Balaban J connectivity index is 2.12. The number of carbonyl (C=O) groups excluding carboxylic acids is 2. The van der Waals surface area contributed by atoms with Crippen LogP contribution in [0.15, 0.2) is 79.9 Å². The van der Waals surface area contributed by atoms with E-state index in [4.69, 9.17) is 4.74 Å². The molecule has 0 aliphatic rings. The van der Waals surface area contributed by atoms with Crippen LogP contribution in [0.5, 0.6) is 5.75 Å². The Morgan fingerprint density at radius 1 is 0.949 bits per heavy atom. The summed E-state index contributed by atoms with van der Waals surface area (Å²) in [4.78, 5) is 39.6. The molecule has 0 heterocycles. The third-order valence-electron chi connectivity index (χ3n) is 6.51. The van der Waals surface area contributed by atoms with Crippen LogP contribution in [0.2, 0.25) is 0 Å². The standard InChI is InChI=1S/C32H42N2O5/c1-4-6-8-13-21-34(3)32(38)29(33-31(37)27(23-30(35)36)16-10-7-5-2)22-25-17-19-28(20-18-25)39-24-26-14-11-9-12-15-26/h4-5,9,11-12,14-15,17-20,27,29H,1-2,6-8,10,13,16,21-24H2,3H3,(H,33,37)(H,35,36)/t27-,29+/m1/s1. The SMILES string of the molecule is C=CCCCCN(C)C(=O)[C@H](Cc1ccc(OCc2ccccc2)cc1)NC(=O)[C@H](CCCC=C)CC(=O)O. The quantitative estimate of drug-likeness (QED) is 0.182. The number of hydrogen-bond acceptors (Lipinski definition) is 4. The second-order valence-corrected chi connectivity index (χ2v) is 9.74. The summed E-state index contributed by atoms with van der Waals surface area (Å²) in [6.45, 7) is 8.43. The first-order chi connectivity index (χ1) is 18.8. The minimum atomic E-state index is -1.04. The molecule has 210 valence electrons. The van der Waals surface area contributed by atoms with Gasteiger partial charge in [0.2, 0.25) is 11.8 Å². The molecular formula is C32H42N2O5. The maximum Gasteiger partial charge on any atom is 0.304 e. The molecule has 2 atom stereocenters. The van der Waals surface area contributed by atoms with Crippen LogP contribution in [-0.2, 0) is 27.4 Å². The predicted molar refractivity (Wildman–Crippen MR) is 154 cm³/mol. The van der Waals surface area contributed by atoms with E-state index in [2.05, 4.69) is 18.5 Å². The molecule has 2 N–H and O–H groups in total. The first-order valence-electron chi connectivity index (χ1n) is 13.6. The molecule has 2 amide bonds. The molecule has 2 aromatic rings. The summed E-state index contributed by atoms with van der Waals surface area (Å²) in [6.07, 6.45) is 7.99. The van der Waals surface area contributed by atoms with Crippen LogP contribution in [0.3, 0.4) is 0 Å². The molecule has 0 saturated carbocycles. The van der Waals surface area contributed by atoms with Crippen molar-refractivity contribution >= 4 is 17.8 Å². The number of likely N-dealkylation sites (N-methyl/N-ethyl adjacent to an activating group) is 1. The molecule has 0 unspecified atom stereocenters. The van der Waals surface area contributed by atoms with Crippen molar-refractivity contribution < 1.29 is 24.2 Å². The van der Waals surface area contributed by atoms with Crippen LogP contribution in [0.1, 0.15) is 56.1 Å². The molecule has 0 saturated heterocycles. The van der Waals surface area contributed by atoms with Crippen molar-refractivity contribution in [1.82, 2.24) is 10.2 Å². The maximum atomic E-state index is 13.4. The molecule has 7 nitrogen and oxygen atoms in total. The summed E-state index contributed by atoms with van der Waals surface area (Å²) in [6, 6.07) is 16.5. The van der Waals surface area contributed by atoms with Gasteiger partial charge in [0.05, 0.1) is 6.42 Å². The van der Waals surface area contributed by atoms with Crippen molar-refractivity contribution in [2.75, 3.05) is 13.6 Å². The first-order valence-corrected chi connectivity index (χ1v) is 13.6. The van der Waals surface area contributed by atoms with E-state index in [1.165, 1.54) is 0 Å². The smallest absolute Gasteiger partial charge is 0.304 e. The summed E-state index contributed by atoms with van der Waals surface area (Å²) in [5, 5.41) is 12.2. The summed E-state index contributed by atoms with van der Waals surface area (Å²) in [7, 11) is 1.73. The summed E-state index contributed by atoms with van der Waals surface area (Å²) in [5.74, 6) is -1.67. The molecular weight excluding hydrogens is 492 g/mol. The van der Waals surface area contributed by atoms with Crippen LogP contribution in [0, 0.1) is 5.92 Å². The monoisotopic (exact) mass is 534 g/mol. The Kier molecular flexibility index (Phi) is 14.2. The number of carboxylic acid groups (broad SMARTS) is 1. The van der Waals surface area contributed by atoms with Crippen molar-refractivity contribution in [3.63, 3.8) is 0 Å². The highest BCUT2D eigenvalue weighted by Crippen LogP contribution is 2.18. The lowest BCUT2D eigenvalue weighted by Gasteiger charge is -2.26. The van der Waals surface area contributed by atoms with Crippen molar-refractivity contribution in [2.24, 2.45) is 5.92 Å². The number of carboxylic acids is 1. The number of hydrogen-bond donors (Lipinski definition) is 2. The second kappa shape index (κ2) is 17.6. The minimum Gasteiger partial charge on any atom is -0.489 e. The van der Waals surface area contributed by atoms with Gasteiger partial charge in [-0.2, -0.15) is 0 Å². The molecule has 0 fully saturated rings. The van der Waals surface area contributed by atoms with E-state index in [1.54, 1.807) is 18.0 Å². The van der Waals surface area contributed by atoms with E-state index in [9.17, 15) is 19.5 Å². The van der Waals surface area contributed by atoms with Gasteiger partial charge in [-0.15, -0.1) is 13.2 Å². The van der Waals surface area contributed by atoms with Gasteiger partial charge in [0, 0.05) is 25.9 Å². The number of nitrogens with one attached hydrogen (secondary N) is 1. The first kappa shape index (κ1) is 31.3. The van der Waals surface area contributed by atoms with Crippen LogP contribution in [0.4, 0.5) is 0 Å². The Bertz CT molecular complexity index is 1050. The van der Waals surface area contributed by atoms with E-state index in [1.807, 2.05) is 60.7 Å². The molecule has 0 spiro atoms. The van der Waals surface area contributed by atoms with Crippen LogP contribution < -0.4 is 10.1 Å². The molecule has 0 aliphatic carbocycles. The highest BCUT2D eigenvalue weighted by molar-refractivity contribution is 5.90. The van der Waals surface area contributed by atoms with E-state index in [-0.39, 0.29) is 18.7 Å². The normalized spacial score (nSPS) is 12.1. The largest absolute Gasteiger partial charge is 0.489 e. The summed E-state index contributed by atoms with van der Waals surface area (Å²) < 4.78 is 5.87. The van der Waals surface area contributed by atoms with Gasteiger partial charge in [-0.1, -0.05) is 54.6 Å². The van der Waals surface area contributed by atoms with Gasteiger partial charge in [0.1, 0.15) is 18.4 Å². The number of amides is 2. The van der Waals surface area contributed by atoms with E-state index >= 15 is 0 Å². The zero-order valence-corrected chi connectivity index (χ0v) is 23.0. The summed E-state index contributed by atoms with van der Waals surface area (Å²) in [5.41, 5.74) is 1.93. The predicted octanol–water partition coefficient (Wildman–Crippen LogP) is 5.55. The molecule has 39 heavy (non-hydrogen) atoms. The van der Waals surface area contributed by atoms with Crippen molar-refractivity contribution in [3.8, 4) is 5.75 Å². The lowest BCUT2D eigenvalue weighted by atomic mass is 9.96. The van der Waals surface area contributed by atoms with Crippen LogP contribution in [-0.4, -0.2) is 47.4 Å². The molecule has 0 aliphatic heterocycles. The van der Waals surface area contributed by atoms with Gasteiger partial charge in [-0.05, 0) is 61.8 Å². The third-order valence-corrected chi connectivity index (χ3v) is 6.51. The van der Waals surface area contributed by atoms with E-state index in [0.29, 0.717) is 38.2 Å². The number of carbonyl (C=O) groups is 3. The van der Waals surface area contributed by atoms with E-state index in [0.717, 1.165) is 30.4 Å². The van der Waals surface area contributed by atoms with Gasteiger partial charge in [0.15, 0.2) is 0 Å².